The van der Waals surface area contributed by atoms with E-state index >= 15 is 0 Å². The van der Waals surface area contributed by atoms with Gasteiger partial charge in [0.05, 0.1) is 24.0 Å². The fourth-order valence-electron chi connectivity index (χ4n) is 8.42. The summed E-state index contributed by atoms with van der Waals surface area (Å²) in [6.45, 7) is 5.16. The average molecular weight is 808 g/mol. The Hall–Kier alpha value is -4.93. The van der Waals surface area contributed by atoms with Crippen LogP contribution in [0.15, 0.2) is 36.5 Å². The quantitative estimate of drug-likeness (QED) is 0.273. The molecule has 2 aromatic rings. The Morgan fingerprint density at radius 2 is 1.88 bits per heavy atom. The molecule has 3 fully saturated rings. The second kappa shape index (κ2) is 15.8. The number of rotatable bonds is 7. The van der Waals surface area contributed by atoms with E-state index < -0.39 is 74.5 Å². The molecule has 57 heavy (non-hydrogen) atoms. The number of carbonyl (C=O) groups excluding carboxylic acids is 5. The molecule has 5 amide bonds. The Morgan fingerprint density at radius 1 is 1.11 bits per heavy atom. The summed E-state index contributed by atoms with van der Waals surface area (Å²) < 4.78 is 40.7. The fourth-order valence-corrected chi connectivity index (χ4v) is 9.78. The van der Waals surface area contributed by atoms with Gasteiger partial charge < -0.3 is 34.8 Å². The van der Waals surface area contributed by atoms with Gasteiger partial charge in [0, 0.05) is 50.5 Å². The number of nitrogens with zero attached hydrogens (tertiary/aromatic N) is 4. The Balaban J connectivity index is 1.24. The third kappa shape index (κ3) is 8.12. The largest absolute Gasteiger partial charge is 0.489 e. The van der Waals surface area contributed by atoms with Crippen LogP contribution in [0.3, 0.4) is 0 Å². The zero-order valence-electron chi connectivity index (χ0n) is 33.2. The lowest BCUT2D eigenvalue weighted by Gasteiger charge is -2.34. The van der Waals surface area contributed by atoms with Crippen LogP contribution in [0.1, 0.15) is 65.2 Å². The molecule has 3 N–H and O–H groups in total. The molecule has 308 valence electrons. The van der Waals surface area contributed by atoms with Gasteiger partial charge in [-0.05, 0) is 68.6 Å². The van der Waals surface area contributed by atoms with Crippen LogP contribution in [0.4, 0.5) is 5.69 Å². The first-order chi connectivity index (χ1) is 27.1. The lowest BCUT2D eigenvalue weighted by molar-refractivity contribution is -0.148. The van der Waals surface area contributed by atoms with Crippen molar-refractivity contribution in [1.29, 1.82) is 0 Å². The molecule has 1 aromatic carbocycles. The molecule has 4 heterocycles. The van der Waals surface area contributed by atoms with Gasteiger partial charge in [-0.25, -0.2) is 13.4 Å². The summed E-state index contributed by atoms with van der Waals surface area (Å²) in [6, 6.07) is 3.34. The summed E-state index contributed by atoms with van der Waals surface area (Å²) in [6.07, 6.45) is 8.20. The van der Waals surface area contributed by atoms with Crippen molar-refractivity contribution in [2.75, 3.05) is 45.7 Å². The van der Waals surface area contributed by atoms with Crippen LogP contribution >= 0.6 is 0 Å². The molecule has 7 atom stereocenters. The molecule has 0 spiro atoms. The van der Waals surface area contributed by atoms with E-state index in [1.807, 2.05) is 44.3 Å². The van der Waals surface area contributed by atoms with Crippen molar-refractivity contribution in [3.8, 4) is 11.6 Å². The van der Waals surface area contributed by atoms with Crippen LogP contribution in [0.25, 0.3) is 10.8 Å². The van der Waals surface area contributed by atoms with Gasteiger partial charge in [0.1, 0.15) is 30.3 Å². The Bertz CT molecular complexity index is 2090. The zero-order valence-corrected chi connectivity index (χ0v) is 34.0. The Labute approximate surface area is 333 Å². The number of nitrogens with one attached hydrogen (secondary N) is 3. The number of allylic oxidation sites excluding steroid dienone is 1. The maximum Gasteiger partial charge on any atom is 0.311 e. The maximum atomic E-state index is 14.9. The highest BCUT2D eigenvalue weighted by Gasteiger charge is 2.62. The second-order valence-corrected chi connectivity index (χ2v) is 18.5. The van der Waals surface area contributed by atoms with E-state index in [2.05, 4.69) is 32.2 Å². The van der Waals surface area contributed by atoms with Crippen LogP contribution in [0.2, 0.25) is 0 Å². The van der Waals surface area contributed by atoms with Crippen LogP contribution < -0.4 is 29.7 Å². The van der Waals surface area contributed by atoms with Crippen LogP contribution in [0.5, 0.6) is 11.6 Å². The van der Waals surface area contributed by atoms with Gasteiger partial charge in [0.15, 0.2) is 5.75 Å². The topological polar surface area (TPSA) is 197 Å². The molecule has 1 saturated heterocycles. The number of ether oxygens (including phenoxy) is 2. The number of sulfonamides is 1. The second-order valence-electron chi connectivity index (χ2n) is 16.5. The van der Waals surface area contributed by atoms with Crippen LogP contribution in [-0.2, 0) is 34.0 Å². The minimum absolute atomic E-state index is 0.00286. The predicted octanol–water partition coefficient (Wildman–Crippen LogP) is 1.87. The molecule has 16 nitrogen and oxygen atoms in total. The minimum Gasteiger partial charge on any atom is -0.489 e. The minimum atomic E-state index is -3.92. The van der Waals surface area contributed by atoms with Crippen molar-refractivity contribution < 1.29 is 41.9 Å². The third-order valence-corrected chi connectivity index (χ3v) is 13.9. The highest BCUT2D eigenvalue weighted by Crippen LogP contribution is 2.46. The van der Waals surface area contributed by atoms with E-state index in [0.29, 0.717) is 49.8 Å². The van der Waals surface area contributed by atoms with Crippen molar-refractivity contribution in [2.24, 2.45) is 17.8 Å². The molecule has 0 bridgehead atoms. The van der Waals surface area contributed by atoms with Crippen LogP contribution in [0, 0.1) is 17.8 Å². The summed E-state index contributed by atoms with van der Waals surface area (Å²) in [5, 5.41) is 6.44. The van der Waals surface area contributed by atoms with Crippen molar-refractivity contribution >= 4 is 56.0 Å². The molecule has 3 aliphatic heterocycles. The fraction of sp³-hybridized carbons (Fsp3) is 0.600. The van der Waals surface area contributed by atoms with Gasteiger partial charge in [-0.2, -0.15) is 0 Å². The third-order valence-electron chi connectivity index (χ3n) is 12.1. The first-order valence-corrected chi connectivity index (χ1v) is 21.5. The van der Waals surface area contributed by atoms with Gasteiger partial charge in [-0.15, -0.1) is 0 Å². The van der Waals surface area contributed by atoms with E-state index in [9.17, 15) is 32.4 Å². The number of anilines is 1. The van der Waals surface area contributed by atoms with Gasteiger partial charge in [0.25, 0.3) is 5.91 Å². The lowest BCUT2D eigenvalue weighted by Crippen LogP contribution is -2.60. The molecule has 1 aromatic heterocycles. The van der Waals surface area contributed by atoms with Crippen LogP contribution in [-0.4, -0.2) is 123 Å². The lowest BCUT2D eigenvalue weighted by atomic mass is 9.84. The number of aromatic nitrogens is 1. The van der Waals surface area contributed by atoms with E-state index in [-0.39, 0.29) is 37.1 Å². The van der Waals surface area contributed by atoms with Crippen molar-refractivity contribution in [3.63, 3.8) is 0 Å². The Morgan fingerprint density at radius 3 is 2.60 bits per heavy atom. The standard InChI is InChI=1S/C40H53N7O9S/c1-6-24-19-23(2)9-7-8-10-25-21-40(25,39(52)44-57(53,54)27-11-12-27)43-34(48)31-20-26(22-47(31)37(50)32(24)42-35(49)38(51)45(3)4)56-36-29-13-14-30-33(28(29)15-16-41-36)55-18-17-46(30)5/h8,10,13-16,23-27,31-32H,6-7,9,11-12,17-22H2,1-5H3,(H,42,49)(H,43,48)(H,44,52)/b10-8-/t23-,24-,25-,26-,31+,32+,40-/m1/s1. The van der Waals surface area contributed by atoms with Gasteiger partial charge in [-0.1, -0.05) is 32.4 Å². The number of hydrogen-bond donors (Lipinski definition) is 3. The number of amides is 5. The van der Waals surface area contributed by atoms with E-state index in [1.165, 1.54) is 19.0 Å². The van der Waals surface area contributed by atoms with E-state index in [1.54, 1.807) is 6.20 Å². The van der Waals surface area contributed by atoms with Crippen molar-refractivity contribution in [3.05, 3.63) is 36.5 Å². The summed E-state index contributed by atoms with van der Waals surface area (Å²) in [5.74, 6) is -3.56. The molecule has 2 aliphatic carbocycles. The molecule has 0 unspecified atom stereocenters. The first-order valence-electron chi connectivity index (χ1n) is 19.9. The zero-order chi connectivity index (χ0) is 40.8. The molecular formula is C40H53N7O9S. The average Bonchev–Trinajstić information content (AvgIpc) is 4.11. The molecular weight excluding hydrogens is 755 g/mol. The number of fused-ring (bicyclic) bond motifs is 5. The summed E-state index contributed by atoms with van der Waals surface area (Å²) in [4.78, 5) is 78.6. The first kappa shape index (κ1) is 40.3. The van der Waals surface area contributed by atoms with Gasteiger partial charge in [0.2, 0.25) is 27.7 Å². The summed E-state index contributed by atoms with van der Waals surface area (Å²) >= 11 is 0. The molecule has 0 radical (unpaired) electrons. The highest BCUT2D eigenvalue weighted by atomic mass is 32.2. The molecule has 5 aliphatic rings. The van der Waals surface area contributed by atoms with E-state index in [4.69, 9.17) is 9.47 Å². The monoisotopic (exact) mass is 807 g/mol. The highest BCUT2D eigenvalue weighted by molar-refractivity contribution is 7.91. The number of likely N-dealkylation sites (N-methyl/N-ethyl adjacent to an activating group) is 2. The summed E-state index contributed by atoms with van der Waals surface area (Å²) in [7, 11) is 0.962. The van der Waals surface area contributed by atoms with Crippen molar-refractivity contribution in [1.82, 2.24) is 30.1 Å². The number of hydrogen-bond acceptors (Lipinski definition) is 11. The smallest absolute Gasteiger partial charge is 0.311 e. The molecule has 7 rings (SSSR count). The van der Waals surface area contributed by atoms with Gasteiger partial charge >= 0.3 is 11.8 Å². The number of pyridine rings is 1. The summed E-state index contributed by atoms with van der Waals surface area (Å²) in [5.41, 5.74) is -0.618. The molecule has 2 saturated carbocycles. The van der Waals surface area contributed by atoms with Gasteiger partial charge in [-0.3, -0.25) is 28.7 Å². The Kier molecular flexibility index (Phi) is 11.2. The van der Waals surface area contributed by atoms with E-state index in [0.717, 1.165) is 28.9 Å². The number of benzene rings is 1. The number of carbonyl (C=O) groups is 5. The van der Waals surface area contributed by atoms with Crippen molar-refractivity contribution in [2.45, 2.75) is 94.2 Å². The normalized spacial score (nSPS) is 29.6. The predicted molar refractivity (Wildman–Crippen MR) is 211 cm³/mol. The molecule has 17 heteroatoms. The SMILES string of the molecule is CC[C@@H]1C[C@H](C)CC/C=C\[C@@H]2C[C@@]2(C(=O)NS(=O)(=O)C2CC2)NC(=O)[C@@H]2C[C@@H](Oc3nccc4c5c(ccc34)N(C)CCO5)CN2C(=O)[C@H]1NC(=O)C(=O)N(C)C. The maximum absolute atomic E-state index is 14.9.